The van der Waals surface area contributed by atoms with E-state index >= 15 is 0 Å². The monoisotopic (exact) mass is 595 g/mol. The van der Waals surface area contributed by atoms with Crippen LogP contribution in [0.5, 0.6) is 0 Å². The Morgan fingerprint density at radius 1 is 0.690 bits per heavy atom. The first-order valence-electron chi connectivity index (χ1n) is 13.6. The van der Waals surface area contributed by atoms with Gasteiger partial charge >= 0.3 is 0 Å². The SMILES string of the molecule is CC1(C)Cc2[nH]ncc2-c2nc(Nc3ccccn3)sc21.CC1(C)Cc2[nH]ncc2-c2nc(Nc3ncccn3)sc21. The summed E-state index contributed by atoms with van der Waals surface area (Å²) < 4.78 is 0. The number of aromatic amines is 2. The van der Waals surface area contributed by atoms with Crippen molar-refractivity contribution in [2.24, 2.45) is 0 Å². The van der Waals surface area contributed by atoms with Gasteiger partial charge in [-0.25, -0.2) is 24.9 Å². The second-order valence-corrected chi connectivity index (χ2v) is 13.6. The molecule has 0 saturated carbocycles. The Kier molecular flexibility index (Phi) is 6.35. The molecular weight excluding hydrogens is 567 g/mol. The van der Waals surface area contributed by atoms with Crippen LogP contribution in [0.4, 0.5) is 22.0 Å². The molecule has 2 aliphatic rings. The number of hydrogen-bond acceptors (Lipinski definition) is 11. The topological polar surface area (TPSA) is 146 Å². The van der Waals surface area contributed by atoms with E-state index in [1.165, 1.54) is 15.4 Å². The lowest BCUT2D eigenvalue weighted by atomic mass is 9.79. The van der Waals surface area contributed by atoms with Gasteiger partial charge < -0.3 is 10.6 Å². The lowest BCUT2D eigenvalue weighted by Gasteiger charge is -2.27. The zero-order valence-electron chi connectivity index (χ0n) is 23.6. The quantitative estimate of drug-likeness (QED) is 0.182. The van der Waals surface area contributed by atoms with E-state index in [0.717, 1.165) is 57.1 Å². The second kappa shape index (κ2) is 10.1. The Balaban J connectivity index is 0.000000137. The molecule has 42 heavy (non-hydrogen) atoms. The molecule has 6 aromatic rings. The zero-order valence-corrected chi connectivity index (χ0v) is 25.2. The number of pyridine rings is 1. The number of rotatable bonds is 4. The fraction of sp³-hybridized carbons (Fsp3) is 0.276. The summed E-state index contributed by atoms with van der Waals surface area (Å²) in [5.74, 6) is 1.38. The standard InChI is InChI=1S/C15H15N5S.C14H14N6S/c1-15(2)7-10-9(8-17-20-10)12-13(15)21-14(19-12)18-11-5-3-4-6-16-11;1-14(2)6-9-8(7-17-20-9)10-11(14)21-13(18-10)19-12-15-4-3-5-16-12/h3-6,8H,7H2,1-2H3,(H,17,20)(H,16,18,19);3-5,7H,6H2,1-2H3,(H,17,20)(H,15,16,18,19). The summed E-state index contributed by atoms with van der Waals surface area (Å²) in [6.07, 6.45) is 10.8. The highest BCUT2D eigenvalue weighted by atomic mass is 32.1. The van der Waals surface area contributed by atoms with E-state index in [4.69, 9.17) is 9.97 Å². The lowest BCUT2D eigenvalue weighted by molar-refractivity contribution is 0.519. The zero-order chi connectivity index (χ0) is 28.9. The molecule has 0 aliphatic heterocycles. The highest BCUT2D eigenvalue weighted by molar-refractivity contribution is 7.16. The molecule has 0 unspecified atom stereocenters. The van der Waals surface area contributed by atoms with Crippen molar-refractivity contribution in [3.8, 4) is 22.5 Å². The van der Waals surface area contributed by atoms with Gasteiger partial charge in [-0.2, -0.15) is 10.2 Å². The van der Waals surface area contributed by atoms with Gasteiger partial charge in [-0.15, -0.1) is 22.7 Å². The van der Waals surface area contributed by atoms with E-state index in [1.807, 2.05) is 30.6 Å². The maximum Gasteiger partial charge on any atom is 0.228 e. The predicted octanol–water partition coefficient (Wildman–Crippen LogP) is 6.41. The van der Waals surface area contributed by atoms with Crippen LogP contribution in [0.2, 0.25) is 0 Å². The minimum Gasteiger partial charge on any atom is -0.316 e. The first-order chi connectivity index (χ1) is 20.3. The van der Waals surface area contributed by atoms with Crippen LogP contribution in [0.3, 0.4) is 0 Å². The molecule has 0 spiro atoms. The third-order valence-electron chi connectivity index (χ3n) is 7.35. The van der Waals surface area contributed by atoms with Crippen LogP contribution in [-0.4, -0.2) is 45.3 Å². The van der Waals surface area contributed by atoms with Crippen molar-refractivity contribution in [3.05, 3.63) is 76.4 Å². The van der Waals surface area contributed by atoms with Crippen LogP contribution in [0, 0.1) is 0 Å². The van der Waals surface area contributed by atoms with Gasteiger partial charge in [0, 0.05) is 61.7 Å². The van der Waals surface area contributed by atoms with Crippen molar-refractivity contribution in [1.82, 2.24) is 45.3 Å². The van der Waals surface area contributed by atoms with Crippen molar-refractivity contribution in [2.75, 3.05) is 10.6 Å². The summed E-state index contributed by atoms with van der Waals surface area (Å²) in [6.45, 7) is 8.96. The Hall–Kier alpha value is -4.49. The van der Waals surface area contributed by atoms with Crippen molar-refractivity contribution in [3.63, 3.8) is 0 Å². The van der Waals surface area contributed by atoms with Crippen LogP contribution in [0.15, 0.2) is 55.2 Å². The summed E-state index contributed by atoms with van der Waals surface area (Å²) >= 11 is 3.36. The molecule has 212 valence electrons. The summed E-state index contributed by atoms with van der Waals surface area (Å²) in [7, 11) is 0. The second-order valence-electron chi connectivity index (χ2n) is 11.6. The molecule has 0 radical (unpaired) electrons. The minimum absolute atomic E-state index is 0.0456. The van der Waals surface area contributed by atoms with Gasteiger partial charge in [-0.05, 0) is 31.0 Å². The number of nitrogens with zero attached hydrogens (tertiary/aromatic N) is 7. The van der Waals surface area contributed by atoms with E-state index < -0.39 is 0 Å². The summed E-state index contributed by atoms with van der Waals surface area (Å²) in [6, 6.07) is 7.59. The van der Waals surface area contributed by atoms with E-state index in [2.05, 4.69) is 73.7 Å². The Morgan fingerprint density at radius 3 is 1.79 bits per heavy atom. The molecular formula is C29H29N11S2. The van der Waals surface area contributed by atoms with Crippen LogP contribution in [-0.2, 0) is 23.7 Å². The molecule has 8 rings (SSSR count). The van der Waals surface area contributed by atoms with Crippen molar-refractivity contribution < 1.29 is 0 Å². The molecule has 6 heterocycles. The molecule has 2 aliphatic carbocycles. The molecule has 0 fully saturated rings. The molecule has 11 nitrogen and oxygen atoms in total. The smallest absolute Gasteiger partial charge is 0.228 e. The van der Waals surface area contributed by atoms with Crippen LogP contribution in [0.25, 0.3) is 22.5 Å². The maximum atomic E-state index is 4.76. The Bertz CT molecular complexity index is 1710. The van der Waals surface area contributed by atoms with E-state index in [9.17, 15) is 0 Å². The van der Waals surface area contributed by atoms with Gasteiger partial charge in [0.25, 0.3) is 0 Å². The van der Waals surface area contributed by atoms with Crippen molar-refractivity contribution in [2.45, 2.75) is 51.4 Å². The average Bonchev–Trinajstić information content (AvgIpc) is 3.76. The number of H-pyrrole nitrogens is 2. The highest BCUT2D eigenvalue weighted by Gasteiger charge is 2.37. The largest absolute Gasteiger partial charge is 0.316 e. The molecule has 4 N–H and O–H groups in total. The fourth-order valence-electron chi connectivity index (χ4n) is 5.38. The maximum absolute atomic E-state index is 4.76. The number of anilines is 4. The number of thiazole rings is 2. The van der Waals surface area contributed by atoms with E-state index in [-0.39, 0.29) is 10.8 Å². The average molecular weight is 596 g/mol. The lowest BCUT2D eigenvalue weighted by Crippen LogP contribution is -2.23. The fourth-order valence-corrected chi connectivity index (χ4v) is 7.54. The number of aromatic nitrogens is 9. The summed E-state index contributed by atoms with van der Waals surface area (Å²) in [4.78, 5) is 24.7. The molecule has 13 heteroatoms. The van der Waals surface area contributed by atoms with Crippen molar-refractivity contribution in [1.29, 1.82) is 0 Å². The Labute approximate surface area is 250 Å². The number of nitrogens with one attached hydrogen (secondary N) is 4. The van der Waals surface area contributed by atoms with Crippen LogP contribution >= 0.6 is 22.7 Å². The van der Waals surface area contributed by atoms with Gasteiger partial charge in [0.1, 0.15) is 5.82 Å². The first kappa shape index (κ1) is 26.4. The van der Waals surface area contributed by atoms with Crippen LogP contribution < -0.4 is 10.6 Å². The minimum atomic E-state index is 0.0456. The van der Waals surface area contributed by atoms with Crippen LogP contribution in [0.1, 0.15) is 48.8 Å². The third-order valence-corrected chi connectivity index (χ3v) is 10.0. The first-order valence-corrected chi connectivity index (χ1v) is 15.2. The normalized spacial score (nSPS) is 15.3. The van der Waals surface area contributed by atoms with Crippen molar-refractivity contribution >= 4 is 44.7 Å². The van der Waals surface area contributed by atoms with E-state index in [0.29, 0.717) is 5.95 Å². The highest BCUT2D eigenvalue weighted by Crippen LogP contribution is 2.47. The Morgan fingerprint density at radius 2 is 1.24 bits per heavy atom. The summed E-state index contributed by atoms with van der Waals surface area (Å²) in [5.41, 5.74) is 6.71. The predicted molar refractivity (Wildman–Crippen MR) is 166 cm³/mol. The third kappa shape index (κ3) is 4.84. The molecule has 0 saturated heterocycles. The molecule has 0 bridgehead atoms. The van der Waals surface area contributed by atoms with Gasteiger partial charge in [-0.3, -0.25) is 10.2 Å². The number of hydrogen-bond donors (Lipinski definition) is 4. The van der Waals surface area contributed by atoms with Gasteiger partial charge in [0.2, 0.25) is 5.95 Å². The molecule has 6 aromatic heterocycles. The molecule has 0 amide bonds. The summed E-state index contributed by atoms with van der Waals surface area (Å²) in [5, 5.41) is 22.7. The van der Waals surface area contributed by atoms with Gasteiger partial charge in [-0.1, -0.05) is 33.8 Å². The van der Waals surface area contributed by atoms with Gasteiger partial charge in [0.15, 0.2) is 10.3 Å². The molecule has 0 aromatic carbocycles. The van der Waals surface area contributed by atoms with E-state index in [1.54, 1.807) is 47.3 Å². The molecule has 0 atom stereocenters. The van der Waals surface area contributed by atoms with Gasteiger partial charge in [0.05, 0.1) is 23.8 Å². The number of fused-ring (bicyclic) bond motifs is 6.